The summed E-state index contributed by atoms with van der Waals surface area (Å²) in [7, 11) is 0. The van der Waals surface area contributed by atoms with Crippen LogP contribution in [0, 0.1) is 5.92 Å². The number of hydrogen-bond acceptors (Lipinski definition) is 6. The van der Waals surface area contributed by atoms with Crippen molar-refractivity contribution in [2.45, 2.75) is 38.3 Å². The maximum atomic E-state index is 13.7. The molecule has 0 spiro atoms. The molecule has 4 rings (SSSR count). The first-order valence-electron chi connectivity index (χ1n) is 12.3. The fraction of sp³-hybridized carbons (Fsp3) is 0.357. The number of aromatic nitrogens is 4. The van der Waals surface area contributed by atoms with E-state index in [4.69, 9.17) is 9.47 Å². The van der Waals surface area contributed by atoms with Crippen molar-refractivity contribution in [1.29, 1.82) is 0 Å². The van der Waals surface area contributed by atoms with E-state index in [2.05, 4.69) is 21.6 Å². The summed E-state index contributed by atoms with van der Waals surface area (Å²) in [5.74, 6) is 1.08. The SMILES string of the molecule is C=C(F)CC(F)/C=C/n1ccc(=O)c(Cc2cccc(Cc3ncc(OCC4CCOCC4)cn3)c2)n1. The number of hydrogen-bond donors (Lipinski definition) is 0. The van der Waals surface area contributed by atoms with Crippen molar-refractivity contribution in [3.05, 3.63) is 100 Å². The fourth-order valence-electron chi connectivity index (χ4n) is 3.99. The second kappa shape index (κ2) is 13.0. The zero-order valence-electron chi connectivity index (χ0n) is 20.6. The van der Waals surface area contributed by atoms with E-state index in [1.54, 1.807) is 12.4 Å². The largest absolute Gasteiger partial charge is 0.490 e. The maximum absolute atomic E-state index is 13.7. The smallest absolute Gasteiger partial charge is 0.203 e. The van der Waals surface area contributed by atoms with E-state index in [0.29, 0.717) is 42.6 Å². The molecular weight excluding hydrogens is 478 g/mol. The molecule has 194 valence electrons. The Morgan fingerprint density at radius 2 is 1.92 bits per heavy atom. The summed E-state index contributed by atoms with van der Waals surface area (Å²) in [6.45, 7) is 5.27. The number of benzene rings is 1. The summed E-state index contributed by atoms with van der Waals surface area (Å²) in [4.78, 5) is 21.2. The first kappa shape index (κ1) is 26.3. The van der Waals surface area contributed by atoms with Gasteiger partial charge in [0.1, 0.15) is 17.7 Å². The lowest BCUT2D eigenvalue weighted by Crippen LogP contribution is -2.21. The molecule has 1 fully saturated rings. The van der Waals surface area contributed by atoms with Gasteiger partial charge < -0.3 is 9.47 Å². The third-order valence-electron chi connectivity index (χ3n) is 6.00. The quantitative estimate of drug-likeness (QED) is 0.374. The molecule has 0 amide bonds. The van der Waals surface area contributed by atoms with Gasteiger partial charge in [-0.1, -0.05) is 30.8 Å². The molecule has 1 aliphatic rings. The van der Waals surface area contributed by atoms with Crippen LogP contribution in [0.25, 0.3) is 6.20 Å². The summed E-state index contributed by atoms with van der Waals surface area (Å²) in [6.07, 6.45) is 8.28. The Bertz CT molecular complexity index is 1270. The number of rotatable bonds is 11. The molecule has 2 aromatic heterocycles. The molecule has 7 nitrogen and oxygen atoms in total. The molecule has 1 atom stereocenters. The van der Waals surface area contributed by atoms with Crippen LogP contribution in [0.2, 0.25) is 0 Å². The van der Waals surface area contributed by atoms with E-state index >= 15 is 0 Å². The number of allylic oxidation sites excluding steroid dienone is 2. The number of halogens is 2. The predicted molar refractivity (Wildman–Crippen MR) is 137 cm³/mol. The molecule has 37 heavy (non-hydrogen) atoms. The van der Waals surface area contributed by atoms with E-state index in [0.717, 1.165) is 37.2 Å². The second-order valence-corrected chi connectivity index (χ2v) is 9.06. The van der Waals surface area contributed by atoms with Crippen molar-refractivity contribution in [3.8, 4) is 5.75 Å². The molecule has 1 unspecified atom stereocenters. The normalized spacial score (nSPS) is 15.1. The van der Waals surface area contributed by atoms with Gasteiger partial charge in [-0.15, -0.1) is 0 Å². The lowest BCUT2D eigenvalue weighted by Gasteiger charge is -2.21. The van der Waals surface area contributed by atoms with Crippen molar-refractivity contribution in [2.24, 2.45) is 5.92 Å². The Hall–Kier alpha value is -3.72. The second-order valence-electron chi connectivity index (χ2n) is 9.06. The van der Waals surface area contributed by atoms with Gasteiger partial charge >= 0.3 is 0 Å². The Balaban J connectivity index is 1.36. The van der Waals surface area contributed by atoms with Crippen LogP contribution in [0.5, 0.6) is 5.75 Å². The van der Waals surface area contributed by atoms with E-state index in [-0.39, 0.29) is 5.43 Å². The highest BCUT2D eigenvalue weighted by Crippen LogP contribution is 2.18. The van der Waals surface area contributed by atoms with Gasteiger partial charge in [-0.2, -0.15) is 5.10 Å². The van der Waals surface area contributed by atoms with Gasteiger partial charge in [-0.3, -0.25) is 4.79 Å². The van der Waals surface area contributed by atoms with Crippen LogP contribution in [0.3, 0.4) is 0 Å². The molecular formula is C28H30F2N4O3. The highest BCUT2D eigenvalue weighted by atomic mass is 19.1. The molecule has 0 N–H and O–H groups in total. The van der Waals surface area contributed by atoms with Crippen LogP contribution in [-0.2, 0) is 17.6 Å². The minimum Gasteiger partial charge on any atom is -0.490 e. The minimum atomic E-state index is -1.52. The fourth-order valence-corrected chi connectivity index (χ4v) is 3.99. The lowest BCUT2D eigenvalue weighted by molar-refractivity contribution is 0.0496. The van der Waals surface area contributed by atoms with Gasteiger partial charge in [0.15, 0.2) is 5.75 Å². The lowest BCUT2D eigenvalue weighted by atomic mass is 10.0. The molecule has 0 saturated carbocycles. The Morgan fingerprint density at radius 1 is 1.19 bits per heavy atom. The van der Waals surface area contributed by atoms with E-state index in [1.165, 1.54) is 29.2 Å². The van der Waals surface area contributed by atoms with Crippen LogP contribution in [-0.4, -0.2) is 45.7 Å². The predicted octanol–water partition coefficient (Wildman–Crippen LogP) is 4.70. The van der Waals surface area contributed by atoms with Gasteiger partial charge in [0.2, 0.25) is 5.43 Å². The standard InChI is InChI=1S/C28H30F2N4O3/c1-20(29)13-24(30)5-9-34-10-6-27(35)26(33-34)15-22-3-2-4-23(14-22)16-28-31-17-25(18-32-28)37-19-21-7-11-36-12-8-21/h2-6,9-10,14,17-18,21,24H,1,7-8,11-13,15-16,19H2/b9-5+. The van der Waals surface area contributed by atoms with Crippen molar-refractivity contribution in [2.75, 3.05) is 19.8 Å². The summed E-state index contributed by atoms with van der Waals surface area (Å²) in [5, 5.41) is 4.28. The highest BCUT2D eigenvalue weighted by molar-refractivity contribution is 5.30. The number of ether oxygens (including phenoxy) is 2. The summed E-state index contributed by atoms with van der Waals surface area (Å²) < 4.78 is 39.0. The monoisotopic (exact) mass is 508 g/mol. The number of alkyl halides is 1. The molecule has 9 heteroatoms. The molecule has 0 aliphatic carbocycles. The molecule has 0 bridgehead atoms. The summed E-state index contributed by atoms with van der Waals surface area (Å²) in [5.41, 5.74) is 1.99. The van der Waals surface area contributed by atoms with Gasteiger partial charge in [0.05, 0.1) is 24.8 Å². The van der Waals surface area contributed by atoms with Crippen LogP contribution < -0.4 is 10.2 Å². The van der Waals surface area contributed by atoms with Crippen LogP contribution in [0.15, 0.2) is 72.2 Å². The molecule has 3 aromatic rings. The Morgan fingerprint density at radius 3 is 2.65 bits per heavy atom. The van der Waals surface area contributed by atoms with Crippen molar-refractivity contribution in [3.63, 3.8) is 0 Å². The zero-order valence-corrected chi connectivity index (χ0v) is 20.6. The maximum Gasteiger partial charge on any atom is 0.203 e. The molecule has 1 aliphatic heterocycles. The highest BCUT2D eigenvalue weighted by Gasteiger charge is 2.14. The molecule has 1 aromatic carbocycles. The van der Waals surface area contributed by atoms with Gasteiger partial charge in [0, 0.05) is 50.9 Å². The topological polar surface area (TPSA) is 79.1 Å². The third-order valence-corrected chi connectivity index (χ3v) is 6.00. The van der Waals surface area contributed by atoms with E-state index < -0.39 is 18.4 Å². The van der Waals surface area contributed by atoms with Gasteiger partial charge in [0.25, 0.3) is 0 Å². The van der Waals surface area contributed by atoms with E-state index in [1.807, 2.05) is 24.3 Å². The first-order valence-corrected chi connectivity index (χ1v) is 12.3. The first-order chi connectivity index (χ1) is 17.9. The minimum absolute atomic E-state index is 0.219. The van der Waals surface area contributed by atoms with Crippen LogP contribution >= 0.6 is 0 Å². The molecule has 1 saturated heterocycles. The zero-order chi connectivity index (χ0) is 26.0. The van der Waals surface area contributed by atoms with E-state index in [9.17, 15) is 13.6 Å². The van der Waals surface area contributed by atoms with Crippen molar-refractivity contribution < 1.29 is 18.3 Å². The Labute approximate surface area is 214 Å². The van der Waals surface area contributed by atoms with Crippen molar-refractivity contribution >= 4 is 6.20 Å². The van der Waals surface area contributed by atoms with Crippen LogP contribution in [0.4, 0.5) is 8.78 Å². The summed E-state index contributed by atoms with van der Waals surface area (Å²) >= 11 is 0. The van der Waals surface area contributed by atoms with Gasteiger partial charge in [-0.25, -0.2) is 23.4 Å². The molecule has 3 heterocycles. The van der Waals surface area contributed by atoms with Crippen molar-refractivity contribution in [1.82, 2.24) is 19.7 Å². The van der Waals surface area contributed by atoms with Gasteiger partial charge in [-0.05, 0) is 36.0 Å². The average Bonchev–Trinajstić information content (AvgIpc) is 2.89. The molecule has 0 radical (unpaired) electrons. The number of nitrogens with zero attached hydrogens (tertiary/aromatic N) is 4. The Kier molecular flexibility index (Phi) is 9.26. The average molecular weight is 509 g/mol. The van der Waals surface area contributed by atoms with Crippen LogP contribution in [0.1, 0.15) is 41.9 Å². The summed E-state index contributed by atoms with van der Waals surface area (Å²) in [6, 6.07) is 9.16. The third kappa shape index (κ3) is 8.42.